The largest absolute Gasteiger partial charge is 1.00 e. The van der Waals surface area contributed by atoms with E-state index in [-0.39, 0.29) is 34.0 Å². The van der Waals surface area contributed by atoms with Crippen LogP contribution in [0.1, 0.15) is 245 Å². The summed E-state index contributed by atoms with van der Waals surface area (Å²) >= 11 is 0. The van der Waals surface area contributed by atoms with Crippen molar-refractivity contribution < 1.29 is 42.9 Å². The van der Waals surface area contributed by atoms with Crippen LogP contribution >= 0.6 is 0 Å². The summed E-state index contributed by atoms with van der Waals surface area (Å²) < 4.78 is 2.65. The molecule has 52 heavy (non-hydrogen) atoms. The van der Waals surface area contributed by atoms with Crippen molar-refractivity contribution >= 4 is 0 Å². The SMILES string of the molecule is CCCCCCCCCCCCCCCCCC[N+]1(CC#CC[N+]2(CCCCCCCCCCCCCCCCCC)CCCC2)CCCC1.[Br-].[Br-]. The van der Waals surface area contributed by atoms with Gasteiger partial charge in [0.05, 0.1) is 39.3 Å². The van der Waals surface area contributed by atoms with Crippen LogP contribution in [0, 0.1) is 11.8 Å². The van der Waals surface area contributed by atoms with Crippen molar-refractivity contribution in [2.75, 3.05) is 52.4 Å². The molecule has 2 aliphatic heterocycles. The molecule has 0 saturated carbocycles. The maximum Gasteiger partial charge on any atom is 0.141 e. The molecular weight excluding hydrogens is 764 g/mol. The molecule has 0 N–H and O–H groups in total. The van der Waals surface area contributed by atoms with Crippen LogP contribution < -0.4 is 34.0 Å². The Labute approximate surface area is 350 Å². The number of likely N-dealkylation sites (tertiary alicyclic amines) is 2. The van der Waals surface area contributed by atoms with Gasteiger partial charge < -0.3 is 42.9 Å². The predicted octanol–water partition coefficient (Wildman–Crippen LogP) is 8.74. The Hall–Kier alpha value is 0.440. The maximum atomic E-state index is 3.79. The lowest BCUT2D eigenvalue weighted by Gasteiger charge is -2.33. The molecular formula is C48H94Br2N2. The van der Waals surface area contributed by atoms with Gasteiger partial charge in [-0.2, -0.15) is 0 Å². The van der Waals surface area contributed by atoms with Crippen LogP contribution in [-0.2, 0) is 0 Å². The number of quaternary nitrogens is 2. The van der Waals surface area contributed by atoms with E-state index >= 15 is 0 Å². The Bertz CT molecular complexity index is 715. The Morgan fingerprint density at radius 2 is 0.481 bits per heavy atom. The molecule has 2 nitrogen and oxygen atoms in total. The lowest BCUT2D eigenvalue weighted by atomic mass is 10.0. The second-order valence-corrected chi connectivity index (χ2v) is 17.7. The minimum absolute atomic E-state index is 0. The van der Waals surface area contributed by atoms with Gasteiger partial charge in [0.25, 0.3) is 0 Å². The lowest BCUT2D eigenvalue weighted by molar-refractivity contribution is -0.911. The fourth-order valence-corrected chi connectivity index (χ4v) is 9.37. The van der Waals surface area contributed by atoms with Crippen LogP contribution in [0.15, 0.2) is 0 Å². The molecule has 0 aromatic heterocycles. The molecule has 0 unspecified atom stereocenters. The van der Waals surface area contributed by atoms with E-state index in [9.17, 15) is 0 Å². The normalized spacial score (nSPS) is 16.0. The number of hydrogen-bond acceptors (Lipinski definition) is 0. The summed E-state index contributed by atoms with van der Waals surface area (Å²) in [5, 5.41) is 0. The van der Waals surface area contributed by atoms with E-state index in [1.165, 1.54) is 279 Å². The molecule has 0 atom stereocenters. The summed E-state index contributed by atoms with van der Waals surface area (Å²) in [5.41, 5.74) is 0. The van der Waals surface area contributed by atoms with Crippen molar-refractivity contribution in [3.8, 4) is 11.8 Å². The first-order valence-electron chi connectivity index (χ1n) is 23.9. The van der Waals surface area contributed by atoms with Gasteiger partial charge in [0.2, 0.25) is 0 Å². The van der Waals surface area contributed by atoms with E-state index in [4.69, 9.17) is 0 Å². The molecule has 4 heteroatoms. The zero-order valence-corrected chi connectivity index (χ0v) is 38.9. The summed E-state index contributed by atoms with van der Waals surface area (Å²) in [6.45, 7) is 15.3. The smallest absolute Gasteiger partial charge is 0.141 e. The van der Waals surface area contributed by atoms with Gasteiger partial charge in [-0.25, -0.2) is 0 Å². The first-order chi connectivity index (χ1) is 24.7. The van der Waals surface area contributed by atoms with Gasteiger partial charge in [0, 0.05) is 25.7 Å². The number of nitrogens with zero attached hydrogens (tertiary/aromatic N) is 2. The van der Waals surface area contributed by atoms with Crippen molar-refractivity contribution in [3.63, 3.8) is 0 Å². The van der Waals surface area contributed by atoms with E-state index < -0.39 is 0 Å². The average molecular weight is 859 g/mol. The summed E-state index contributed by atoms with van der Waals surface area (Å²) in [6.07, 6.45) is 52.5. The van der Waals surface area contributed by atoms with Crippen LogP contribution in [0.25, 0.3) is 0 Å². The van der Waals surface area contributed by atoms with Crippen LogP contribution in [0.4, 0.5) is 0 Å². The van der Waals surface area contributed by atoms with Crippen LogP contribution in [0.3, 0.4) is 0 Å². The van der Waals surface area contributed by atoms with Crippen molar-refractivity contribution in [3.05, 3.63) is 0 Å². The van der Waals surface area contributed by atoms with Crippen molar-refractivity contribution in [2.45, 2.75) is 245 Å². The summed E-state index contributed by atoms with van der Waals surface area (Å²) in [6, 6.07) is 0. The standard InChI is InChI=1S/C48H94N2.2BrH/c1-3-5-7-9-11-13-15-17-19-21-23-25-27-29-31-33-41-49(43-35-36-44-49)47-39-40-48-50(45-37-38-46-50)42-34-32-30-28-26-24-22-20-18-16-14-12-10-8-6-4-2;;/h3-38,41-48H2,1-2H3;2*1H/q+2;;/p-2. The fourth-order valence-electron chi connectivity index (χ4n) is 9.37. The second kappa shape index (κ2) is 38.3. The number of halogens is 2. The summed E-state index contributed by atoms with van der Waals surface area (Å²) in [7, 11) is 0. The molecule has 0 bridgehead atoms. The summed E-state index contributed by atoms with van der Waals surface area (Å²) in [4.78, 5) is 0. The minimum atomic E-state index is 0. The Balaban J connectivity index is 0.0000130. The van der Waals surface area contributed by atoms with Gasteiger partial charge in [0.15, 0.2) is 0 Å². The van der Waals surface area contributed by atoms with Gasteiger partial charge in [-0.15, -0.1) is 0 Å². The van der Waals surface area contributed by atoms with Crippen molar-refractivity contribution in [1.82, 2.24) is 0 Å². The highest BCUT2D eigenvalue weighted by atomic mass is 79.9. The topological polar surface area (TPSA) is 0 Å². The van der Waals surface area contributed by atoms with E-state index in [0.717, 1.165) is 13.1 Å². The van der Waals surface area contributed by atoms with Gasteiger partial charge in [-0.1, -0.05) is 194 Å². The van der Waals surface area contributed by atoms with Gasteiger partial charge in [0.1, 0.15) is 13.1 Å². The third kappa shape index (κ3) is 28.8. The number of hydrogen-bond donors (Lipinski definition) is 0. The number of rotatable bonds is 36. The van der Waals surface area contributed by atoms with Crippen LogP contribution in [0.2, 0.25) is 0 Å². The third-order valence-electron chi connectivity index (χ3n) is 13.0. The van der Waals surface area contributed by atoms with E-state index in [2.05, 4.69) is 25.7 Å². The highest BCUT2D eigenvalue weighted by molar-refractivity contribution is 5.00. The number of unbranched alkanes of at least 4 members (excludes halogenated alkanes) is 30. The Morgan fingerprint density at radius 1 is 0.288 bits per heavy atom. The van der Waals surface area contributed by atoms with Gasteiger partial charge in [-0.3, -0.25) is 0 Å². The second-order valence-electron chi connectivity index (χ2n) is 17.7. The quantitative estimate of drug-likeness (QED) is 0.0336. The highest BCUT2D eigenvalue weighted by Crippen LogP contribution is 2.23. The van der Waals surface area contributed by atoms with E-state index in [1.54, 1.807) is 0 Å². The molecule has 2 fully saturated rings. The van der Waals surface area contributed by atoms with Gasteiger partial charge >= 0.3 is 0 Å². The van der Waals surface area contributed by atoms with E-state index in [0.29, 0.717) is 0 Å². The fraction of sp³-hybridized carbons (Fsp3) is 0.958. The van der Waals surface area contributed by atoms with E-state index in [1.807, 2.05) is 0 Å². The molecule has 0 aliphatic carbocycles. The molecule has 2 rings (SSSR count). The molecule has 0 aromatic carbocycles. The molecule has 0 spiro atoms. The minimum Gasteiger partial charge on any atom is -1.00 e. The molecule has 310 valence electrons. The molecule has 0 amide bonds. The Kier molecular flexibility index (Phi) is 38.6. The highest BCUT2D eigenvalue weighted by Gasteiger charge is 2.32. The average Bonchev–Trinajstić information content (AvgIpc) is 3.80. The van der Waals surface area contributed by atoms with Crippen molar-refractivity contribution in [1.29, 1.82) is 0 Å². The molecule has 0 radical (unpaired) electrons. The molecule has 2 aliphatic rings. The first-order valence-corrected chi connectivity index (χ1v) is 23.9. The molecule has 2 heterocycles. The third-order valence-corrected chi connectivity index (χ3v) is 13.0. The zero-order valence-electron chi connectivity index (χ0n) is 35.8. The van der Waals surface area contributed by atoms with Crippen molar-refractivity contribution in [2.24, 2.45) is 0 Å². The predicted molar refractivity (Wildman–Crippen MR) is 225 cm³/mol. The first kappa shape index (κ1) is 52.4. The van der Waals surface area contributed by atoms with Gasteiger partial charge in [-0.05, 0) is 37.5 Å². The summed E-state index contributed by atoms with van der Waals surface area (Å²) in [5.74, 6) is 7.57. The monoisotopic (exact) mass is 857 g/mol. The Morgan fingerprint density at radius 3 is 0.692 bits per heavy atom. The maximum absolute atomic E-state index is 3.79. The van der Waals surface area contributed by atoms with Crippen LogP contribution in [0.5, 0.6) is 0 Å². The molecule has 2 saturated heterocycles. The zero-order chi connectivity index (χ0) is 35.5. The molecule has 0 aromatic rings. The van der Waals surface area contributed by atoms with Crippen LogP contribution in [-0.4, -0.2) is 61.3 Å². The lowest BCUT2D eigenvalue weighted by Crippen LogP contribution is -3.00.